The second kappa shape index (κ2) is 13.6. The van der Waals surface area contributed by atoms with Gasteiger partial charge < -0.3 is 30.8 Å². The lowest BCUT2D eigenvalue weighted by atomic mass is 10.1. The SMILES string of the molecule is COc1ccccc1C(=O)N(Cc1ccc(OCCCN=C(N)N)cc1)c1nc2ccc(Oc3ccc(O)cc3)cc2s1. The summed E-state index contributed by atoms with van der Waals surface area (Å²) in [7, 11) is 1.54. The number of nitrogens with two attached hydrogens (primary N) is 2. The van der Waals surface area contributed by atoms with Crippen LogP contribution in [0.5, 0.6) is 28.7 Å². The van der Waals surface area contributed by atoms with E-state index in [1.807, 2.05) is 48.5 Å². The first-order chi connectivity index (χ1) is 20.9. The zero-order valence-electron chi connectivity index (χ0n) is 23.5. The second-order valence-corrected chi connectivity index (χ2v) is 10.5. The lowest BCUT2D eigenvalue weighted by Crippen LogP contribution is -2.30. The van der Waals surface area contributed by atoms with E-state index in [2.05, 4.69) is 4.99 Å². The van der Waals surface area contributed by atoms with Crippen molar-refractivity contribution in [3.63, 3.8) is 0 Å². The first kappa shape index (κ1) is 29.2. The number of anilines is 1. The Bertz CT molecular complexity index is 1720. The van der Waals surface area contributed by atoms with E-state index < -0.39 is 0 Å². The van der Waals surface area contributed by atoms with E-state index in [0.29, 0.717) is 53.3 Å². The van der Waals surface area contributed by atoms with E-state index >= 15 is 0 Å². The minimum atomic E-state index is -0.239. The topological polar surface area (TPSA) is 146 Å². The van der Waals surface area contributed by atoms with E-state index in [1.165, 1.54) is 11.3 Å². The van der Waals surface area contributed by atoms with Gasteiger partial charge in [-0.25, -0.2) is 4.98 Å². The van der Waals surface area contributed by atoms with Crippen LogP contribution in [-0.4, -0.2) is 42.2 Å². The number of hydrogen-bond donors (Lipinski definition) is 3. The van der Waals surface area contributed by atoms with Crippen molar-refractivity contribution in [3.05, 3.63) is 102 Å². The molecule has 43 heavy (non-hydrogen) atoms. The van der Waals surface area contributed by atoms with Gasteiger partial charge in [0, 0.05) is 19.0 Å². The van der Waals surface area contributed by atoms with E-state index in [1.54, 1.807) is 54.5 Å². The number of carbonyl (C=O) groups is 1. The number of benzene rings is 4. The van der Waals surface area contributed by atoms with Crippen molar-refractivity contribution < 1.29 is 24.1 Å². The summed E-state index contributed by atoms with van der Waals surface area (Å²) in [6.45, 7) is 1.24. The van der Waals surface area contributed by atoms with E-state index in [0.717, 1.165) is 15.8 Å². The van der Waals surface area contributed by atoms with Crippen LogP contribution in [0, 0.1) is 0 Å². The number of phenolic OH excluding ortho intramolecular Hbond substituents is 1. The Morgan fingerprint density at radius 2 is 1.67 bits per heavy atom. The highest BCUT2D eigenvalue weighted by atomic mass is 32.1. The number of rotatable bonds is 12. The number of thiazole rings is 1. The van der Waals surface area contributed by atoms with Gasteiger partial charge in [0.25, 0.3) is 5.91 Å². The van der Waals surface area contributed by atoms with Crippen molar-refractivity contribution in [2.24, 2.45) is 16.5 Å². The molecule has 220 valence electrons. The van der Waals surface area contributed by atoms with Gasteiger partial charge in [0.05, 0.1) is 36.0 Å². The zero-order valence-corrected chi connectivity index (χ0v) is 24.3. The van der Waals surface area contributed by atoms with E-state index in [-0.39, 0.29) is 24.2 Å². The van der Waals surface area contributed by atoms with Crippen molar-refractivity contribution in [1.82, 2.24) is 4.98 Å². The molecular weight excluding hydrogens is 566 g/mol. The number of amides is 1. The van der Waals surface area contributed by atoms with Crippen molar-refractivity contribution in [3.8, 4) is 28.7 Å². The Morgan fingerprint density at radius 1 is 0.953 bits per heavy atom. The minimum absolute atomic E-state index is 0.0626. The molecule has 0 saturated carbocycles. The summed E-state index contributed by atoms with van der Waals surface area (Å²) >= 11 is 1.39. The van der Waals surface area contributed by atoms with Crippen LogP contribution in [0.4, 0.5) is 5.13 Å². The van der Waals surface area contributed by atoms with Crippen LogP contribution in [0.15, 0.2) is 96.0 Å². The van der Waals surface area contributed by atoms with Gasteiger partial charge in [0.2, 0.25) is 0 Å². The highest BCUT2D eigenvalue weighted by Crippen LogP contribution is 2.35. The standard InChI is InChI=1S/C32H31N5O5S/c1-40-28-6-3-2-5-26(28)30(39)37(20-21-7-11-23(12-8-21)41-18-4-17-35-31(33)34)32-36-27-16-15-25(19-29(27)43-32)42-24-13-9-22(38)10-14-24/h2-3,5-16,19,38H,4,17-18,20H2,1H3,(H4,33,34,35). The molecule has 1 aromatic heterocycles. The molecule has 1 amide bonds. The molecule has 0 radical (unpaired) electrons. The predicted octanol–water partition coefficient (Wildman–Crippen LogP) is 5.69. The summed E-state index contributed by atoms with van der Waals surface area (Å²) in [6, 6.07) is 26.8. The maximum atomic E-state index is 14.0. The number of aliphatic imine (C=N–C) groups is 1. The average Bonchev–Trinajstić information content (AvgIpc) is 3.44. The van der Waals surface area contributed by atoms with Crippen LogP contribution in [0.25, 0.3) is 10.2 Å². The average molecular weight is 598 g/mol. The largest absolute Gasteiger partial charge is 0.508 e. The molecule has 0 fully saturated rings. The molecule has 0 aliphatic rings. The lowest BCUT2D eigenvalue weighted by molar-refractivity contribution is 0.0982. The molecule has 0 aliphatic heterocycles. The zero-order chi connectivity index (χ0) is 30.2. The molecule has 0 saturated heterocycles. The van der Waals surface area contributed by atoms with Crippen molar-refractivity contribution >= 4 is 38.6 Å². The van der Waals surface area contributed by atoms with Gasteiger partial charge in [0.15, 0.2) is 11.1 Å². The number of fused-ring (bicyclic) bond motifs is 1. The van der Waals surface area contributed by atoms with E-state index in [4.69, 9.17) is 30.7 Å². The van der Waals surface area contributed by atoms with Gasteiger partial charge in [-0.3, -0.25) is 14.7 Å². The molecular formula is C32H31N5O5S. The molecule has 0 spiro atoms. The smallest absolute Gasteiger partial charge is 0.264 e. The van der Waals surface area contributed by atoms with Crippen LogP contribution in [0.3, 0.4) is 0 Å². The van der Waals surface area contributed by atoms with Crippen molar-refractivity contribution in [2.75, 3.05) is 25.2 Å². The fraction of sp³-hybridized carbons (Fsp3) is 0.156. The Labute approximate surface area is 252 Å². The molecule has 0 atom stereocenters. The monoisotopic (exact) mass is 597 g/mol. The Balaban J connectivity index is 1.39. The number of ether oxygens (including phenoxy) is 3. The van der Waals surface area contributed by atoms with Crippen LogP contribution in [0.2, 0.25) is 0 Å². The lowest BCUT2D eigenvalue weighted by Gasteiger charge is -2.21. The number of aromatic hydroxyl groups is 1. The molecule has 5 rings (SSSR count). The van der Waals surface area contributed by atoms with Crippen LogP contribution < -0.4 is 30.6 Å². The quantitative estimate of drug-likeness (QED) is 0.0944. The Hall–Kier alpha value is -5.29. The van der Waals surface area contributed by atoms with Gasteiger partial charge >= 0.3 is 0 Å². The molecule has 0 bridgehead atoms. The number of phenols is 1. The van der Waals surface area contributed by atoms with Crippen LogP contribution in [-0.2, 0) is 6.54 Å². The molecule has 0 aliphatic carbocycles. The number of hydrogen-bond acceptors (Lipinski definition) is 8. The van der Waals surface area contributed by atoms with Crippen molar-refractivity contribution in [2.45, 2.75) is 13.0 Å². The third-order valence-electron chi connectivity index (χ3n) is 6.36. The van der Waals surface area contributed by atoms with Crippen LogP contribution in [0.1, 0.15) is 22.3 Å². The predicted molar refractivity (Wildman–Crippen MR) is 169 cm³/mol. The number of aromatic nitrogens is 1. The highest BCUT2D eigenvalue weighted by molar-refractivity contribution is 7.22. The van der Waals surface area contributed by atoms with Crippen molar-refractivity contribution in [1.29, 1.82) is 0 Å². The Morgan fingerprint density at radius 3 is 2.42 bits per heavy atom. The third-order valence-corrected chi connectivity index (χ3v) is 7.41. The summed E-state index contributed by atoms with van der Waals surface area (Å²) in [4.78, 5) is 24.4. The third kappa shape index (κ3) is 7.52. The fourth-order valence-corrected chi connectivity index (χ4v) is 5.24. The number of nitrogens with zero attached hydrogens (tertiary/aromatic N) is 3. The first-order valence-corrected chi connectivity index (χ1v) is 14.3. The fourth-order valence-electron chi connectivity index (χ4n) is 4.25. The normalized spacial score (nSPS) is 10.7. The summed E-state index contributed by atoms with van der Waals surface area (Å²) < 4.78 is 18.1. The van der Waals surface area contributed by atoms with Gasteiger partial charge in [0.1, 0.15) is 28.7 Å². The van der Waals surface area contributed by atoms with Gasteiger partial charge in [-0.15, -0.1) is 0 Å². The van der Waals surface area contributed by atoms with Gasteiger partial charge in [-0.2, -0.15) is 0 Å². The molecule has 11 heteroatoms. The molecule has 0 unspecified atom stereocenters. The molecule has 4 aromatic carbocycles. The molecule has 1 heterocycles. The maximum Gasteiger partial charge on any atom is 0.264 e. The molecule has 5 aromatic rings. The first-order valence-electron chi connectivity index (χ1n) is 13.5. The van der Waals surface area contributed by atoms with Crippen LogP contribution >= 0.6 is 11.3 Å². The molecule has 5 N–H and O–H groups in total. The summed E-state index contributed by atoms with van der Waals surface area (Å²) in [6.07, 6.45) is 0.681. The van der Waals surface area contributed by atoms with E-state index in [9.17, 15) is 9.90 Å². The second-order valence-electron chi connectivity index (χ2n) is 9.47. The summed E-state index contributed by atoms with van der Waals surface area (Å²) in [5.74, 6) is 2.38. The highest BCUT2D eigenvalue weighted by Gasteiger charge is 2.24. The summed E-state index contributed by atoms with van der Waals surface area (Å²) in [5, 5.41) is 10.1. The summed E-state index contributed by atoms with van der Waals surface area (Å²) in [5.41, 5.74) is 12.8. The van der Waals surface area contributed by atoms with Gasteiger partial charge in [-0.1, -0.05) is 35.6 Å². The number of para-hydroxylation sites is 1. The number of guanidine groups is 1. The number of methoxy groups -OCH3 is 1. The molecule has 10 nitrogen and oxygen atoms in total. The number of carbonyl (C=O) groups excluding carboxylic acids is 1. The Kier molecular flexibility index (Phi) is 9.23. The maximum absolute atomic E-state index is 14.0. The minimum Gasteiger partial charge on any atom is -0.508 e. The van der Waals surface area contributed by atoms with Gasteiger partial charge in [-0.05, 0) is 66.2 Å².